The average molecular weight is 505 g/mol. The molecule has 0 fully saturated rings. The van der Waals surface area contributed by atoms with Gasteiger partial charge >= 0.3 is 0 Å². The third-order valence-electron chi connectivity index (χ3n) is 4.52. The fourth-order valence-electron chi connectivity index (χ4n) is 2.88. The van der Waals surface area contributed by atoms with Crippen LogP contribution in [0.1, 0.15) is 16.1 Å². The molecule has 10 heteroatoms. The molecule has 0 unspecified atom stereocenters. The molecular weight excluding hydrogens is 484 g/mol. The molecule has 0 bridgehead atoms. The van der Waals surface area contributed by atoms with Gasteiger partial charge in [-0.15, -0.1) is 23.1 Å². The highest BCUT2D eigenvalue weighted by molar-refractivity contribution is 8.00. The minimum absolute atomic E-state index is 0.0334. The van der Waals surface area contributed by atoms with Gasteiger partial charge < -0.3 is 20.4 Å². The molecule has 8 nitrogen and oxygen atoms in total. The van der Waals surface area contributed by atoms with Crippen LogP contribution in [0.15, 0.2) is 99.6 Å². The first-order valence-corrected chi connectivity index (χ1v) is 12.3. The van der Waals surface area contributed by atoms with Gasteiger partial charge in [-0.05, 0) is 48.5 Å². The van der Waals surface area contributed by atoms with Crippen LogP contribution in [0.3, 0.4) is 0 Å². The summed E-state index contributed by atoms with van der Waals surface area (Å²) in [4.78, 5) is 42.5. The minimum atomic E-state index is -0.506. The van der Waals surface area contributed by atoms with E-state index in [4.69, 9.17) is 4.42 Å². The summed E-state index contributed by atoms with van der Waals surface area (Å²) in [6.07, 6.45) is 4.57. The number of thiazole rings is 1. The van der Waals surface area contributed by atoms with E-state index in [1.807, 2.05) is 0 Å². The van der Waals surface area contributed by atoms with Gasteiger partial charge in [0, 0.05) is 33.8 Å². The van der Waals surface area contributed by atoms with E-state index in [1.165, 1.54) is 35.4 Å². The number of thioether (sulfide) groups is 1. The smallest absolute Gasteiger partial charge is 0.272 e. The Morgan fingerprint density at radius 3 is 2.46 bits per heavy atom. The van der Waals surface area contributed by atoms with Crippen molar-refractivity contribution in [1.29, 1.82) is 0 Å². The number of rotatable bonds is 9. The van der Waals surface area contributed by atoms with E-state index in [0.717, 1.165) is 4.90 Å². The molecule has 2 heterocycles. The quantitative estimate of drug-likeness (QED) is 0.221. The molecule has 0 aliphatic carbocycles. The summed E-state index contributed by atoms with van der Waals surface area (Å²) in [5.74, 6) is -0.418. The van der Waals surface area contributed by atoms with Crippen molar-refractivity contribution in [1.82, 2.24) is 10.3 Å². The number of hydrogen-bond donors (Lipinski definition) is 3. The molecular formula is C25H20N4O4S2. The Kier molecular flexibility index (Phi) is 8.10. The first-order chi connectivity index (χ1) is 17.1. The molecule has 4 aromatic rings. The van der Waals surface area contributed by atoms with E-state index in [2.05, 4.69) is 20.9 Å². The predicted octanol–water partition coefficient (Wildman–Crippen LogP) is 4.88. The highest BCUT2D eigenvalue weighted by Crippen LogP contribution is 2.21. The molecule has 176 valence electrons. The highest BCUT2D eigenvalue weighted by atomic mass is 32.2. The van der Waals surface area contributed by atoms with Crippen molar-refractivity contribution in [3.63, 3.8) is 0 Å². The Bertz CT molecular complexity index is 1300. The van der Waals surface area contributed by atoms with E-state index in [-0.39, 0.29) is 17.4 Å². The lowest BCUT2D eigenvalue weighted by molar-refractivity contribution is -0.114. The van der Waals surface area contributed by atoms with Crippen molar-refractivity contribution in [2.75, 3.05) is 16.4 Å². The minimum Gasteiger partial charge on any atom is -0.465 e. The summed E-state index contributed by atoms with van der Waals surface area (Å²) in [6.45, 7) is 0. The zero-order valence-corrected chi connectivity index (χ0v) is 19.9. The lowest BCUT2D eigenvalue weighted by Gasteiger charge is -2.11. The number of carbonyl (C=O) groups is 3. The lowest BCUT2D eigenvalue weighted by atomic mass is 10.2. The van der Waals surface area contributed by atoms with E-state index in [0.29, 0.717) is 22.1 Å². The van der Waals surface area contributed by atoms with Crippen LogP contribution in [0, 0.1) is 0 Å². The van der Waals surface area contributed by atoms with E-state index in [1.54, 1.807) is 78.3 Å². The van der Waals surface area contributed by atoms with Gasteiger partial charge in [-0.2, -0.15) is 0 Å². The molecule has 4 rings (SSSR count). The molecule has 0 aliphatic heterocycles. The summed E-state index contributed by atoms with van der Waals surface area (Å²) in [7, 11) is 0. The molecule has 2 aromatic carbocycles. The molecule has 0 radical (unpaired) electrons. The van der Waals surface area contributed by atoms with Crippen LogP contribution in [0.2, 0.25) is 0 Å². The van der Waals surface area contributed by atoms with Crippen molar-refractivity contribution < 1.29 is 18.8 Å². The molecule has 0 aliphatic rings. The summed E-state index contributed by atoms with van der Waals surface area (Å²) < 4.78 is 5.30. The average Bonchev–Trinajstić information content (AvgIpc) is 3.58. The fraction of sp³-hybridized carbons (Fsp3) is 0.0400. The topological polar surface area (TPSA) is 113 Å². The third-order valence-corrected chi connectivity index (χ3v) is 6.22. The Hall–Kier alpha value is -4.15. The maximum Gasteiger partial charge on any atom is 0.272 e. The fourth-order valence-corrected chi connectivity index (χ4v) is 4.12. The van der Waals surface area contributed by atoms with Crippen molar-refractivity contribution in [3.8, 4) is 0 Å². The number of anilines is 2. The van der Waals surface area contributed by atoms with Gasteiger partial charge in [0.15, 0.2) is 5.13 Å². The van der Waals surface area contributed by atoms with Crippen molar-refractivity contribution in [2.45, 2.75) is 4.90 Å². The molecule has 0 atom stereocenters. The van der Waals surface area contributed by atoms with Crippen molar-refractivity contribution in [3.05, 3.63) is 102 Å². The second-order valence-electron chi connectivity index (χ2n) is 7.05. The number of nitrogens with one attached hydrogen (secondary N) is 3. The monoisotopic (exact) mass is 504 g/mol. The maximum absolute atomic E-state index is 13.0. The number of amides is 3. The van der Waals surface area contributed by atoms with E-state index < -0.39 is 11.8 Å². The number of nitrogens with zero attached hydrogens (tertiary/aromatic N) is 1. The van der Waals surface area contributed by atoms with Crippen molar-refractivity contribution >= 4 is 57.7 Å². The van der Waals surface area contributed by atoms with Gasteiger partial charge in [0.05, 0.1) is 12.0 Å². The number of furan rings is 1. The molecule has 0 spiro atoms. The number of benzene rings is 2. The second-order valence-corrected chi connectivity index (χ2v) is 8.99. The standard InChI is InChI=1S/C25H20N4O4S2/c30-22(29-25-26-12-14-34-25)16-35-20-10-8-18(9-11-20)27-24(32)21(15-19-7-4-13-33-19)28-23(31)17-5-2-1-3-6-17/h1-15H,16H2,(H,27,32)(H,28,31)(H,26,29,30)/b21-15-. The van der Waals surface area contributed by atoms with Crippen LogP contribution in [-0.4, -0.2) is 28.5 Å². The molecule has 0 saturated heterocycles. The van der Waals surface area contributed by atoms with Gasteiger partial charge in [0.25, 0.3) is 11.8 Å². The summed E-state index contributed by atoms with van der Waals surface area (Å²) in [5.41, 5.74) is 0.989. The van der Waals surface area contributed by atoms with Gasteiger partial charge in [-0.1, -0.05) is 18.2 Å². The zero-order chi connectivity index (χ0) is 24.5. The lowest BCUT2D eigenvalue weighted by Crippen LogP contribution is -2.30. The van der Waals surface area contributed by atoms with Crippen molar-refractivity contribution in [2.24, 2.45) is 0 Å². The summed E-state index contributed by atoms with van der Waals surface area (Å²) in [5, 5.41) is 10.5. The van der Waals surface area contributed by atoms with Crippen LogP contribution < -0.4 is 16.0 Å². The predicted molar refractivity (Wildman–Crippen MR) is 137 cm³/mol. The highest BCUT2D eigenvalue weighted by Gasteiger charge is 2.16. The molecule has 3 N–H and O–H groups in total. The first kappa shape index (κ1) is 24.0. The molecule has 3 amide bonds. The molecule has 35 heavy (non-hydrogen) atoms. The SMILES string of the molecule is O=C(CSc1ccc(NC(=O)/C(=C/c2ccco2)NC(=O)c2ccccc2)cc1)Nc1nccs1. The van der Waals surface area contributed by atoms with Crippen LogP contribution in [-0.2, 0) is 9.59 Å². The molecule has 2 aromatic heterocycles. The Labute approximate surface area is 209 Å². The Morgan fingerprint density at radius 1 is 0.971 bits per heavy atom. The number of aromatic nitrogens is 1. The van der Waals surface area contributed by atoms with Crippen LogP contribution in [0.5, 0.6) is 0 Å². The van der Waals surface area contributed by atoms with E-state index >= 15 is 0 Å². The van der Waals surface area contributed by atoms with Crippen LogP contribution in [0.4, 0.5) is 10.8 Å². The molecule has 0 saturated carbocycles. The largest absolute Gasteiger partial charge is 0.465 e. The Morgan fingerprint density at radius 2 is 1.77 bits per heavy atom. The van der Waals surface area contributed by atoms with Gasteiger partial charge in [-0.3, -0.25) is 14.4 Å². The summed E-state index contributed by atoms with van der Waals surface area (Å²) in [6, 6.07) is 19.0. The third kappa shape index (κ3) is 7.16. The van der Waals surface area contributed by atoms with Crippen LogP contribution >= 0.6 is 23.1 Å². The number of carbonyl (C=O) groups excluding carboxylic acids is 3. The summed E-state index contributed by atoms with van der Waals surface area (Å²) >= 11 is 2.72. The maximum atomic E-state index is 13.0. The van der Waals surface area contributed by atoms with Crippen LogP contribution in [0.25, 0.3) is 6.08 Å². The Balaban J connectivity index is 1.38. The van der Waals surface area contributed by atoms with E-state index in [9.17, 15) is 14.4 Å². The van der Waals surface area contributed by atoms with Gasteiger partial charge in [-0.25, -0.2) is 4.98 Å². The normalized spacial score (nSPS) is 11.0. The van der Waals surface area contributed by atoms with Gasteiger partial charge in [0.2, 0.25) is 5.91 Å². The first-order valence-electron chi connectivity index (χ1n) is 10.4. The second kappa shape index (κ2) is 11.8. The van der Waals surface area contributed by atoms with Gasteiger partial charge in [0.1, 0.15) is 11.5 Å². The zero-order valence-electron chi connectivity index (χ0n) is 18.3. The number of hydrogen-bond acceptors (Lipinski definition) is 7.